The topological polar surface area (TPSA) is 376 Å². The average Bonchev–Trinajstić information content (AvgIpc) is 3.20. The maximum atomic E-state index is 14.5. The van der Waals surface area contributed by atoms with E-state index in [1.165, 1.54) is 0 Å². The number of benzene rings is 2. The number of hydrogen-bond acceptors (Lipinski definition) is 16. The van der Waals surface area contributed by atoms with Crippen molar-refractivity contribution in [2.24, 2.45) is 11.5 Å². The van der Waals surface area contributed by atoms with E-state index in [0.29, 0.717) is 0 Å². The molecule has 346 valence electrons. The number of amides is 6. The molecule has 2 rings (SSSR count). The van der Waals surface area contributed by atoms with E-state index in [2.05, 4.69) is 10.6 Å². The van der Waals surface area contributed by atoms with Crippen molar-refractivity contribution < 1.29 is 79.5 Å². The van der Waals surface area contributed by atoms with Crippen LogP contribution in [0.5, 0.6) is 0 Å². The molecule has 28 heteroatoms. The van der Waals surface area contributed by atoms with Crippen molar-refractivity contribution in [1.82, 2.24) is 10.6 Å². The van der Waals surface area contributed by atoms with Gasteiger partial charge in [-0.05, 0) is 136 Å². The van der Waals surface area contributed by atoms with Crippen molar-refractivity contribution in [1.29, 1.82) is 0 Å². The summed E-state index contributed by atoms with van der Waals surface area (Å²) in [6, 6.07) is 0. The molecule has 22 nitrogen and oxygen atoms in total. The second-order valence-corrected chi connectivity index (χ2v) is 19.4. The number of anilines is 2. The predicted molar refractivity (Wildman–Crippen MR) is 269 cm³/mol. The second kappa shape index (κ2) is 27.2. The molecule has 0 aromatic heterocycles. The Morgan fingerprint density at radius 3 is 1.16 bits per heavy atom. The van der Waals surface area contributed by atoms with E-state index >= 15 is 0 Å². The molecule has 0 aliphatic rings. The van der Waals surface area contributed by atoms with Crippen LogP contribution in [-0.4, -0.2) is 178 Å². The Morgan fingerprint density at radius 2 is 0.823 bits per heavy atom. The van der Waals surface area contributed by atoms with Gasteiger partial charge in [0.05, 0.1) is 125 Å². The van der Waals surface area contributed by atoms with Crippen LogP contribution in [-0.2, 0) is 14.3 Å². The van der Waals surface area contributed by atoms with E-state index in [4.69, 9.17) is 21.3 Å². The summed E-state index contributed by atoms with van der Waals surface area (Å²) in [6.45, 7) is -6.01. The van der Waals surface area contributed by atoms with Crippen molar-refractivity contribution in [3.05, 3.63) is 43.7 Å². The fourth-order valence-corrected chi connectivity index (χ4v) is 14.8. The summed E-state index contributed by atoms with van der Waals surface area (Å²) in [4.78, 5) is 83.5. The molecule has 0 aliphatic carbocycles. The summed E-state index contributed by atoms with van der Waals surface area (Å²) in [6.07, 6.45) is -8.30. The van der Waals surface area contributed by atoms with Gasteiger partial charge in [0.2, 0.25) is 11.8 Å². The standard InChI is InChI=1S/C34H42I6N6O16/c35-23-19(31(41)58)25(37)29(27(39)21(23)33(60)43-2-12(51)6-47)45(4-14(53)7-48)17(56)1-18(57)46(5-15(54)8-49)30-26(38)20(32(42)59)24(36)22(28(30)40)34(61)44-3-13(52)10-62-11-16(55)9-50/h12-16,47-55H,1-11H2,(H2,41,58)(H2,42,59)(H,43,60)(H,44,61). The molecule has 15 N–H and O–H groups in total. The van der Waals surface area contributed by atoms with E-state index < -0.39 is 125 Å². The maximum absolute atomic E-state index is 14.5. The lowest BCUT2D eigenvalue weighted by molar-refractivity contribution is -0.127. The quantitative estimate of drug-likeness (QED) is 0.0382. The fourth-order valence-electron chi connectivity index (χ4n) is 5.21. The monoisotopic (exact) mass is 1550 g/mol. The van der Waals surface area contributed by atoms with Gasteiger partial charge in [0.15, 0.2) is 0 Å². The first-order valence-corrected chi connectivity index (χ1v) is 24.1. The van der Waals surface area contributed by atoms with Crippen LogP contribution in [0.4, 0.5) is 11.4 Å². The third kappa shape index (κ3) is 15.1. The summed E-state index contributed by atoms with van der Waals surface area (Å²) >= 11 is 10.1. The van der Waals surface area contributed by atoms with Crippen LogP contribution >= 0.6 is 136 Å². The molecule has 0 saturated carbocycles. The van der Waals surface area contributed by atoms with E-state index in [9.17, 15) is 69.6 Å². The predicted octanol–water partition coefficient (Wildman–Crippen LogP) is -2.48. The SMILES string of the molecule is NC(=O)c1c(I)c(C(=O)NCC(O)CO)c(I)c(N(CC(O)CO)C(=O)CC(=O)N(CC(O)CO)c2c(I)c(C(N)=O)c(I)c(C(=O)NCC(O)COCC(O)CO)c2I)c1I. The Bertz CT molecular complexity index is 2000. The first kappa shape index (κ1) is 57.4. The Kier molecular flexibility index (Phi) is 25.1. The Labute approximate surface area is 435 Å². The largest absolute Gasteiger partial charge is 0.394 e. The van der Waals surface area contributed by atoms with E-state index in [-0.39, 0.29) is 68.3 Å². The molecular weight excluding hydrogens is 1510 g/mol. The molecule has 0 bridgehead atoms. The number of halogens is 6. The average molecular weight is 1550 g/mol. The highest BCUT2D eigenvalue weighted by Crippen LogP contribution is 2.40. The van der Waals surface area contributed by atoms with Crippen LogP contribution in [0.15, 0.2) is 0 Å². The Balaban J connectivity index is 2.81. The Morgan fingerprint density at radius 1 is 0.500 bits per heavy atom. The number of aliphatic hydroxyl groups excluding tert-OH is 9. The van der Waals surface area contributed by atoms with Crippen LogP contribution < -0.4 is 31.9 Å². The van der Waals surface area contributed by atoms with Crippen molar-refractivity contribution in [2.45, 2.75) is 36.9 Å². The van der Waals surface area contributed by atoms with Crippen LogP contribution in [0.25, 0.3) is 0 Å². The molecule has 0 heterocycles. The van der Waals surface area contributed by atoms with Crippen LogP contribution in [0.1, 0.15) is 47.9 Å². The lowest BCUT2D eigenvalue weighted by Gasteiger charge is -2.32. The molecule has 0 spiro atoms. The molecule has 0 saturated heterocycles. The van der Waals surface area contributed by atoms with Gasteiger partial charge in [-0.15, -0.1) is 0 Å². The third-order valence-electron chi connectivity index (χ3n) is 8.23. The van der Waals surface area contributed by atoms with Crippen LogP contribution in [0.2, 0.25) is 0 Å². The number of carbonyl (C=O) groups excluding carboxylic acids is 6. The molecule has 0 fully saturated rings. The number of nitrogens with one attached hydrogen (secondary N) is 2. The smallest absolute Gasteiger partial charge is 0.253 e. The van der Waals surface area contributed by atoms with Crippen LogP contribution in [0, 0.1) is 21.4 Å². The van der Waals surface area contributed by atoms with Gasteiger partial charge in [0, 0.05) is 20.2 Å². The first-order valence-electron chi connectivity index (χ1n) is 17.6. The van der Waals surface area contributed by atoms with Crippen molar-refractivity contribution >= 4 is 182 Å². The number of primary amides is 2. The second-order valence-electron chi connectivity index (χ2n) is 13.0. The van der Waals surface area contributed by atoms with Crippen molar-refractivity contribution in [3.63, 3.8) is 0 Å². The zero-order valence-corrected chi connectivity index (χ0v) is 44.8. The number of carbonyl (C=O) groups is 6. The molecule has 6 amide bonds. The number of rotatable bonds is 24. The van der Waals surface area contributed by atoms with Gasteiger partial charge >= 0.3 is 0 Å². The minimum Gasteiger partial charge on any atom is -0.394 e. The number of ether oxygens (including phenoxy) is 1. The lowest BCUT2D eigenvalue weighted by Crippen LogP contribution is -2.46. The van der Waals surface area contributed by atoms with Gasteiger partial charge < -0.3 is 82.6 Å². The molecule has 2 aromatic rings. The van der Waals surface area contributed by atoms with E-state index in [1.54, 1.807) is 136 Å². The highest BCUT2D eigenvalue weighted by Gasteiger charge is 2.36. The molecule has 5 atom stereocenters. The summed E-state index contributed by atoms with van der Waals surface area (Å²) in [5.41, 5.74) is 10.2. The van der Waals surface area contributed by atoms with Gasteiger partial charge in [-0.3, -0.25) is 28.8 Å². The maximum Gasteiger partial charge on any atom is 0.253 e. The van der Waals surface area contributed by atoms with Gasteiger partial charge in [-0.25, -0.2) is 0 Å². The minimum absolute atomic E-state index is 0.00111. The normalized spacial score (nSPS) is 13.7. The highest BCUT2D eigenvalue weighted by molar-refractivity contribution is 14.1. The summed E-state index contributed by atoms with van der Waals surface area (Å²) in [5, 5.41) is 93.7. The molecule has 0 radical (unpaired) electrons. The summed E-state index contributed by atoms with van der Waals surface area (Å²) < 4.78 is 5.16. The van der Waals surface area contributed by atoms with Crippen LogP contribution in [0.3, 0.4) is 0 Å². The number of nitrogens with zero attached hydrogens (tertiary/aromatic N) is 2. The first-order chi connectivity index (χ1) is 29.0. The molecule has 62 heavy (non-hydrogen) atoms. The summed E-state index contributed by atoms with van der Waals surface area (Å²) in [7, 11) is 0. The van der Waals surface area contributed by atoms with Gasteiger partial charge in [0.1, 0.15) is 12.5 Å². The molecular formula is C34H42I6N6O16. The van der Waals surface area contributed by atoms with E-state index in [1.807, 2.05) is 0 Å². The Hall–Kier alpha value is -0.760. The molecule has 5 unspecified atom stereocenters. The zero-order valence-electron chi connectivity index (χ0n) is 31.9. The fraction of sp³-hybridized carbons (Fsp3) is 0.471. The van der Waals surface area contributed by atoms with Crippen molar-refractivity contribution in [3.8, 4) is 0 Å². The van der Waals surface area contributed by atoms with Gasteiger partial charge in [0.25, 0.3) is 23.6 Å². The minimum atomic E-state index is -1.66. The van der Waals surface area contributed by atoms with Gasteiger partial charge in [-0.2, -0.15) is 0 Å². The summed E-state index contributed by atoms with van der Waals surface area (Å²) in [5.74, 6) is -6.03. The molecule has 0 aliphatic heterocycles. The third-order valence-corrected chi connectivity index (χ3v) is 14.6. The highest BCUT2D eigenvalue weighted by atomic mass is 127. The van der Waals surface area contributed by atoms with Crippen molar-refractivity contribution in [2.75, 3.05) is 75.6 Å². The lowest BCUT2D eigenvalue weighted by atomic mass is 10.1. The number of aliphatic hydroxyl groups is 9. The number of nitrogens with two attached hydrogens (primary N) is 2. The number of hydrogen-bond donors (Lipinski definition) is 13. The van der Waals surface area contributed by atoms with E-state index in [0.717, 1.165) is 9.80 Å². The molecule has 2 aromatic carbocycles. The zero-order chi connectivity index (χ0) is 47.3. The van der Waals surface area contributed by atoms with Gasteiger partial charge in [-0.1, -0.05) is 0 Å².